The second-order valence-electron chi connectivity index (χ2n) is 2.70. The maximum Gasteiger partial charge on any atom is 0.217 e. The van der Waals surface area contributed by atoms with Crippen LogP contribution in [0.15, 0.2) is 18.3 Å². The van der Waals surface area contributed by atoms with E-state index in [9.17, 15) is 0 Å². The van der Waals surface area contributed by atoms with Crippen LogP contribution in [0.4, 0.5) is 0 Å². The minimum atomic E-state index is 0.143. The van der Waals surface area contributed by atoms with Crippen LogP contribution in [-0.4, -0.2) is 18.2 Å². The van der Waals surface area contributed by atoms with Crippen molar-refractivity contribution in [3.05, 3.63) is 18.3 Å². The van der Waals surface area contributed by atoms with Gasteiger partial charge in [0, 0.05) is 12.3 Å². The molecule has 0 bridgehead atoms. The van der Waals surface area contributed by atoms with Crippen LogP contribution in [0.2, 0.25) is 0 Å². The molecule has 0 aliphatic heterocycles. The molecule has 1 aromatic rings. The highest BCUT2D eigenvalue weighted by atomic mass is 16.5. The number of pyridine rings is 1. The summed E-state index contributed by atoms with van der Waals surface area (Å²) in [6, 6.07) is 3.55. The van der Waals surface area contributed by atoms with Gasteiger partial charge in [-0.25, -0.2) is 4.98 Å². The molecule has 66 valence electrons. The third-order valence-corrected chi connectivity index (χ3v) is 1.30. The van der Waals surface area contributed by atoms with Gasteiger partial charge in [0.15, 0.2) is 0 Å². The van der Waals surface area contributed by atoms with Crippen molar-refractivity contribution in [1.29, 1.82) is 0 Å². The van der Waals surface area contributed by atoms with Crippen molar-refractivity contribution < 1.29 is 9.47 Å². The average Bonchev–Trinajstić information content (AvgIpc) is 2.03. The number of hydrogen-bond donors (Lipinski definition) is 0. The zero-order valence-electron chi connectivity index (χ0n) is 7.57. The first-order chi connectivity index (χ1) is 5.72. The minimum absolute atomic E-state index is 0.143. The van der Waals surface area contributed by atoms with Gasteiger partial charge in [0.1, 0.15) is 5.75 Å². The number of nitrogens with zero attached hydrogens (tertiary/aromatic N) is 1. The quantitative estimate of drug-likeness (QED) is 0.688. The molecule has 0 radical (unpaired) electrons. The van der Waals surface area contributed by atoms with E-state index in [1.807, 2.05) is 13.8 Å². The lowest BCUT2D eigenvalue weighted by molar-refractivity contribution is 0.231. The number of ether oxygens (including phenoxy) is 2. The number of rotatable bonds is 3. The molecule has 1 rings (SSSR count). The zero-order valence-corrected chi connectivity index (χ0v) is 7.57. The number of methoxy groups -OCH3 is 1. The molecule has 0 saturated carbocycles. The SMILES string of the molecule is COc1ccnc(OC(C)C)c1. The fourth-order valence-electron chi connectivity index (χ4n) is 0.824. The van der Waals surface area contributed by atoms with Gasteiger partial charge >= 0.3 is 0 Å². The summed E-state index contributed by atoms with van der Waals surface area (Å²) in [5, 5.41) is 0. The Hall–Kier alpha value is -1.25. The van der Waals surface area contributed by atoms with Gasteiger partial charge < -0.3 is 9.47 Å². The van der Waals surface area contributed by atoms with E-state index in [2.05, 4.69) is 4.98 Å². The molecule has 12 heavy (non-hydrogen) atoms. The lowest BCUT2D eigenvalue weighted by Gasteiger charge is -2.08. The van der Waals surface area contributed by atoms with Crippen molar-refractivity contribution >= 4 is 0 Å². The molecule has 0 amide bonds. The lowest BCUT2D eigenvalue weighted by atomic mass is 10.4. The van der Waals surface area contributed by atoms with Gasteiger partial charge in [-0.2, -0.15) is 0 Å². The third-order valence-electron chi connectivity index (χ3n) is 1.30. The molecule has 0 unspecified atom stereocenters. The van der Waals surface area contributed by atoms with Gasteiger partial charge in [0.05, 0.1) is 13.2 Å². The van der Waals surface area contributed by atoms with Gasteiger partial charge in [0.2, 0.25) is 5.88 Å². The Morgan fingerprint density at radius 2 is 2.17 bits per heavy atom. The molecule has 0 saturated heterocycles. The maximum atomic E-state index is 5.37. The van der Waals surface area contributed by atoms with Crippen molar-refractivity contribution in [1.82, 2.24) is 4.98 Å². The number of hydrogen-bond acceptors (Lipinski definition) is 3. The molecule has 0 spiro atoms. The van der Waals surface area contributed by atoms with Crippen LogP contribution < -0.4 is 9.47 Å². The molecular weight excluding hydrogens is 154 g/mol. The van der Waals surface area contributed by atoms with E-state index < -0.39 is 0 Å². The molecule has 1 aromatic heterocycles. The summed E-state index contributed by atoms with van der Waals surface area (Å²) in [7, 11) is 1.62. The highest BCUT2D eigenvalue weighted by Crippen LogP contribution is 2.16. The minimum Gasteiger partial charge on any atom is -0.497 e. The summed E-state index contributed by atoms with van der Waals surface area (Å²) in [6.45, 7) is 3.92. The van der Waals surface area contributed by atoms with Crippen molar-refractivity contribution in [3.63, 3.8) is 0 Å². The van der Waals surface area contributed by atoms with Crippen molar-refractivity contribution in [2.45, 2.75) is 20.0 Å². The van der Waals surface area contributed by atoms with E-state index in [1.165, 1.54) is 0 Å². The third kappa shape index (κ3) is 2.42. The van der Waals surface area contributed by atoms with Crippen LogP contribution in [0.1, 0.15) is 13.8 Å². The van der Waals surface area contributed by atoms with Gasteiger partial charge in [0.25, 0.3) is 0 Å². The Morgan fingerprint density at radius 1 is 1.42 bits per heavy atom. The summed E-state index contributed by atoms with van der Waals surface area (Å²) >= 11 is 0. The highest BCUT2D eigenvalue weighted by Gasteiger charge is 1.99. The summed E-state index contributed by atoms with van der Waals surface area (Å²) in [4.78, 5) is 4.03. The standard InChI is InChI=1S/C9H13NO2/c1-7(2)12-9-6-8(11-3)4-5-10-9/h4-7H,1-3H3. The molecule has 0 aromatic carbocycles. The number of aromatic nitrogens is 1. The topological polar surface area (TPSA) is 31.4 Å². The van der Waals surface area contributed by atoms with E-state index in [0.717, 1.165) is 5.75 Å². The summed E-state index contributed by atoms with van der Waals surface area (Å²) < 4.78 is 10.4. The average molecular weight is 167 g/mol. The second-order valence-corrected chi connectivity index (χ2v) is 2.70. The van der Waals surface area contributed by atoms with Crippen LogP contribution in [0.3, 0.4) is 0 Å². The molecule has 0 atom stereocenters. The first-order valence-electron chi connectivity index (χ1n) is 3.89. The van der Waals surface area contributed by atoms with E-state index in [1.54, 1.807) is 25.4 Å². The van der Waals surface area contributed by atoms with Crippen LogP contribution in [0, 0.1) is 0 Å². The van der Waals surface area contributed by atoms with Crippen molar-refractivity contribution in [2.24, 2.45) is 0 Å². The second kappa shape index (κ2) is 3.95. The largest absolute Gasteiger partial charge is 0.497 e. The van der Waals surface area contributed by atoms with Gasteiger partial charge in [-0.15, -0.1) is 0 Å². The normalized spacial score (nSPS) is 10.0. The first-order valence-corrected chi connectivity index (χ1v) is 3.89. The Kier molecular flexibility index (Phi) is 2.91. The van der Waals surface area contributed by atoms with E-state index >= 15 is 0 Å². The van der Waals surface area contributed by atoms with Crippen LogP contribution in [0.25, 0.3) is 0 Å². The van der Waals surface area contributed by atoms with Crippen LogP contribution in [0.5, 0.6) is 11.6 Å². The van der Waals surface area contributed by atoms with Crippen LogP contribution >= 0.6 is 0 Å². The Bertz CT molecular complexity index is 248. The molecular formula is C9H13NO2. The zero-order chi connectivity index (χ0) is 8.97. The predicted molar refractivity (Wildman–Crippen MR) is 46.6 cm³/mol. The fourth-order valence-corrected chi connectivity index (χ4v) is 0.824. The van der Waals surface area contributed by atoms with Gasteiger partial charge in [-0.1, -0.05) is 0 Å². The molecule has 3 nitrogen and oxygen atoms in total. The Labute approximate surface area is 72.3 Å². The maximum absolute atomic E-state index is 5.37. The first kappa shape index (κ1) is 8.84. The summed E-state index contributed by atoms with van der Waals surface area (Å²) in [5.41, 5.74) is 0. The Morgan fingerprint density at radius 3 is 2.75 bits per heavy atom. The van der Waals surface area contributed by atoms with Crippen molar-refractivity contribution in [2.75, 3.05) is 7.11 Å². The van der Waals surface area contributed by atoms with Gasteiger partial charge in [-0.05, 0) is 19.9 Å². The molecule has 3 heteroatoms. The van der Waals surface area contributed by atoms with Gasteiger partial charge in [-0.3, -0.25) is 0 Å². The Balaban J connectivity index is 2.72. The van der Waals surface area contributed by atoms with E-state index in [-0.39, 0.29) is 6.10 Å². The monoisotopic (exact) mass is 167 g/mol. The van der Waals surface area contributed by atoms with E-state index in [4.69, 9.17) is 9.47 Å². The van der Waals surface area contributed by atoms with Crippen molar-refractivity contribution in [3.8, 4) is 11.6 Å². The van der Waals surface area contributed by atoms with E-state index in [0.29, 0.717) is 5.88 Å². The fraction of sp³-hybridized carbons (Fsp3) is 0.444. The molecule has 0 aliphatic carbocycles. The van der Waals surface area contributed by atoms with Crippen LogP contribution in [-0.2, 0) is 0 Å². The molecule has 0 N–H and O–H groups in total. The predicted octanol–water partition coefficient (Wildman–Crippen LogP) is 1.88. The highest BCUT2D eigenvalue weighted by molar-refractivity contribution is 5.25. The summed E-state index contributed by atoms with van der Waals surface area (Å²) in [5.74, 6) is 1.37. The molecule has 1 heterocycles. The lowest BCUT2D eigenvalue weighted by Crippen LogP contribution is -2.06. The molecule has 0 fully saturated rings. The molecule has 0 aliphatic rings. The smallest absolute Gasteiger partial charge is 0.217 e. The summed E-state index contributed by atoms with van der Waals surface area (Å²) in [6.07, 6.45) is 1.81.